The SMILES string of the molecule is COc1ccc(C(C)=O)c(OCc2c(Cl)cccc2Cl)c1. The molecule has 21 heavy (non-hydrogen) atoms. The van der Waals surface area contributed by atoms with Crippen molar-refractivity contribution in [3.05, 3.63) is 57.6 Å². The molecule has 0 saturated carbocycles. The smallest absolute Gasteiger partial charge is 0.163 e. The second kappa shape index (κ2) is 6.83. The van der Waals surface area contributed by atoms with Crippen LogP contribution in [0.1, 0.15) is 22.8 Å². The second-order valence-corrected chi connectivity index (χ2v) is 5.22. The highest BCUT2D eigenvalue weighted by Gasteiger charge is 2.12. The number of halogens is 2. The molecule has 0 atom stereocenters. The van der Waals surface area contributed by atoms with E-state index in [9.17, 15) is 4.79 Å². The van der Waals surface area contributed by atoms with Gasteiger partial charge < -0.3 is 9.47 Å². The summed E-state index contributed by atoms with van der Waals surface area (Å²) in [6, 6.07) is 10.3. The molecule has 0 radical (unpaired) electrons. The summed E-state index contributed by atoms with van der Waals surface area (Å²) in [6.07, 6.45) is 0. The van der Waals surface area contributed by atoms with Gasteiger partial charge in [-0.2, -0.15) is 0 Å². The molecule has 0 amide bonds. The Labute approximate surface area is 133 Å². The van der Waals surface area contributed by atoms with Gasteiger partial charge in [0.05, 0.1) is 12.7 Å². The Hall–Kier alpha value is -1.71. The van der Waals surface area contributed by atoms with Gasteiger partial charge in [0, 0.05) is 21.7 Å². The third-order valence-electron chi connectivity index (χ3n) is 3.00. The van der Waals surface area contributed by atoms with Crippen LogP contribution in [0.4, 0.5) is 0 Å². The zero-order chi connectivity index (χ0) is 15.4. The van der Waals surface area contributed by atoms with Gasteiger partial charge in [0.25, 0.3) is 0 Å². The summed E-state index contributed by atoms with van der Waals surface area (Å²) in [5.41, 5.74) is 1.16. The van der Waals surface area contributed by atoms with E-state index in [4.69, 9.17) is 32.7 Å². The summed E-state index contributed by atoms with van der Waals surface area (Å²) in [5.74, 6) is 0.969. The zero-order valence-corrected chi connectivity index (χ0v) is 13.2. The minimum Gasteiger partial charge on any atom is -0.497 e. The molecule has 0 saturated heterocycles. The average Bonchev–Trinajstić information content (AvgIpc) is 2.46. The molecular weight excluding hydrogens is 311 g/mol. The number of hydrogen-bond acceptors (Lipinski definition) is 3. The molecule has 0 aliphatic heterocycles. The molecule has 2 rings (SSSR count). The Balaban J connectivity index is 2.28. The van der Waals surface area contributed by atoms with Crippen molar-refractivity contribution in [1.29, 1.82) is 0 Å². The summed E-state index contributed by atoms with van der Waals surface area (Å²) in [4.78, 5) is 11.6. The van der Waals surface area contributed by atoms with E-state index in [-0.39, 0.29) is 12.4 Å². The normalized spacial score (nSPS) is 10.3. The van der Waals surface area contributed by atoms with E-state index in [2.05, 4.69) is 0 Å². The first kappa shape index (κ1) is 15.7. The van der Waals surface area contributed by atoms with Crippen LogP contribution in [0.15, 0.2) is 36.4 Å². The number of Topliss-reactive ketones (excluding diaryl/α,β-unsaturated/α-hetero) is 1. The van der Waals surface area contributed by atoms with Gasteiger partial charge in [0.15, 0.2) is 5.78 Å². The number of rotatable bonds is 5. The summed E-state index contributed by atoms with van der Waals surface area (Å²) in [7, 11) is 1.55. The number of hydrogen-bond donors (Lipinski definition) is 0. The maximum absolute atomic E-state index is 11.6. The minimum atomic E-state index is -0.0853. The summed E-state index contributed by atoms with van der Waals surface area (Å²) in [6.45, 7) is 1.66. The summed E-state index contributed by atoms with van der Waals surface area (Å²) in [5, 5.41) is 1.05. The predicted octanol–water partition coefficient (Wildman–Crippen LogP) is 4.78. The van der Waals surface area contributed by atoms with E-state index in [0.29, 0.717) is 32.7 Å². The Bertz CT molecular complexity index is 648. The van der Waals surface area contributed by atoms with Crippen molar-refractivity contribution in [3.8, 4) is 11.5 Å². The Morgan fingerprint density at radius 3 is 2.38 bits per heavy atom. The fraction of sp³-hybridized carbons (Fsp3) is 0.188. The fourth-order valence-corrected chi connectivity index (χ4v) is 2.37. The Morgan fingerprint density at radius 2 is 1.81 bits per heavy atom. The number of methoxy groups -OCH3 is 1. The lowest BCUT2D eigenvalue weighted by molar-refractivity contribution is 0.101. The molecule has 0 N–H and O–H groups in total. The third kappa shape index (κ3) is 3.69. The molecule has 0 unspecified atom stereocenters. The predicted molar refractivity (Wildman–Crippen MR) is 83.8 cm³/mol. The lowest BCUT2D eigenvalue weighted by atomic mass is 10.1. The van der Waals surface area contributed by atoms with E-state index >= 15 is 0 Å². The van der Waals surface area contributed by atoms with Crippen molar-refractivity contribution >= 4 is 29.0 Å². The third-order valence-corrected chi connectivity index (χ3v) is 3.71. The van der Waals surface area contributed by atoms with Crippen LogP contribution in [0.25, 0.3) is 0 Å². The molecule has 0 aliphatic carbocycles. The first-order valence-corrected chi connectivity index (χ1v) is 7.03. The number of carbonyl (C=O) groups is 1. The van der Waals surface area contributed by atoms with Gasteiger partial charge >= 0.3 is 0 Å². The number of benzene rings is 2. The molecule has 2 aromatic rings. The maximum atomic E-state index is 11.6. The zero-order valence-electron chi connectivity index (χ0n) is 11.7. The van der Waals surface area contributed by atoms with Gasteiger partial charge in [-0.05, 0) is 31.2 Å². The fourth-order valence-electron chi connectivity index (χ4n) is 1.86. The molecule has 0 aromatic heterocycles. The molecule has 3 nitrogen and oxygen atoms in total. The summed E-state index contributed by atoms with van der Waals surface area (Å²) < 4.78 is 10.9. The van der Waals surface area contributed by atoms with E-state index in [1.54, 1.807) is 43.5 Å². The maximum Gasteiger partial charge on any atom is 0.163 e. The molecular formula is C16H14Cl2O3. The lowest BCUT2D eigenvalue weighted by Gasteiger charge is -2.13. The van der Waals surface area contributed by atoms with Crippen LogP contribution < -0.4 is 9.47 Å². The largest absolute Gasteiger partial charge is 0.497 e. The second-order valence-electron chi connectivity index (χ2n) is 4.41. The van der Waals surface area contributed by atoms with Crippen LogP contribution in [0.5, 0.6) is 11.5 Å². The van der Waals surface area contributed by atoms with Crippen LogP contribution in [-0.2, 0) is 6.61 Å². The minimum absolute atomic E-state index is 0.0853. The van der Waals surface area contributed by atoms with E-state index in [1.165, 1.54) is 6.92 Å². The first-order chi connectivity index (χ1) is 10.0. The van der Waals surface area contributed by atoms with Gasteiger partial charge in [-0.3, -0.25) is 4.79 Å². The molecule has 0 bridgehead atoms. The van der Waals surface area contributed by atoms with Crippen molar-refractivity contribution in [3.63, 3.8) is 0 Å². The first-order valence-electron chi connectivity index (χ1n) is 6.27. The van der Waals surface area contributed by atoms with E-state index in [1.807, 2.05) is 0 Å². The molecule has 2 aromatic carbocycles. The van der Waals surface area contributed by atoms with Crippen LogP contribution in [0.2, 0.25) is 10.0 Å². The lowest BCUT2D eigenvalue weighted by Crippen LogP contribution is -2.03. The highest BCUT2D eigenvalue weighted by molar-refractivity contribution is 6.35. The molecule has 0 heterocycles. The average molecular weight is 325 g/mol. The van der Waals surface area contributed by atoms with Crippen molar-refractivity contribution in [2.45, 2.75) is 13.5 Å². The monoisotopic (exact) mass is 324 g/mol. The van der Waals surface area contributed by atoms with Crippen LogP contribution >= 0.6 is 23.2 Å². The van der Waals surface area contributed by atoms with Gasteiger partial charge in [0.2, 0.25) is 0 Å². The number of ether oxygens (including phenoxy) is 2. The molecule has 5 heteroatoms. The molecule has 110 valence electrons. The van der Waals surface area contributed by atoms with Crippen molar-refractivity contribution in [1.82, 2.24) is 0 Å². The van der Waals surface area contributed by atoms with Crippen molar-refractivity contribution < 1.29 is 14.3 Å². The van der Waals surface area contributed by atoms with Crippen molar-refractivity contribution in [2.75, 3.05) is 7.11 Å². The van der Waals surface area contributed by atoms with Crippen LogP contribution in [-0.4, -0.2) is 12.9 Å². The Kier molecular flexibility index (Phi) is 5.10. The summed E-state index contributed by atoms with van der Waals surface area (Å²) >= 11 is 12.2. The van der Waals surface area contributed by atoms with Gasteiger partial charge in [0.1, 0.15) is 18.1 Å². The quantitative estimate of drug-likeness (QED) is 0.742. The standard InChI is InChI=1S/C16H14Cl2O3/c1-10(19)12-7-6-11(20-2)8-16(12)21-9-13-14(17)4-3-5-15(13)18/h3-8H,9H2,1-2H3. The highest BCUT2D eigenvalue weighted by Crippen LogP contribution is 2.29. The number of carbonyl (C=O) groups excluding carboxylic acids is 1. The molecule has 0 fully saturated rings. The molecule has 0 spiro atoms. The van der Waals surface area contributed by atoms with Crippen molar-refractivity contribution in [2.24, 2.45) is 0 Å². The Morgan fingerprint density at radius 1 is 1.14 bits per heavy atom. The van der Waals surface area contributed by atoms with Gasteiger partial charge in [-0.15, -0.1) is 0 Å². The van der Waals surface area contributed by atoms with Gasteiger partial charge in [-0.25, -0.2) is 0 Å². The van der Waals surface area contributed by atoms with Gasteiger partial charge in [-0.1, -0.05) is 29.3 Å². The molecule has 0 aliphatic rings. The van der Waals surface area contributed by atoms with E-state index in [0.717, 1.165) is 0 Å². The van der Waals surface area contributed by atoms with Crippen LogP contribution in [0, 0.1) is 0 Å². The topological polar surface area (TPSA) is 35.5 Å². The number of ketones is 1. The van der Waals surface area contributed by atoms with E-state index < -0.39 is 0 Å². The highest BCUT2D eigenvalue weighted by atomic mass is 35.5. The van der Waals surface area contributed by atoms with Crippen LogP contribution in [0.3, 0.4) is 0 Å².